The number of rotatable bonds is 1. The van der Waals surface area contributed by atoms with Gasteiger partial charge >= 0.3 is 6.03 Å². The van der Waals surface area contributed by atoms with E-state index in [-0.39, 0.29) is 17.8 Å². The highest BCUT2D eigenvalue weighted by atomic mass is 16.3. The number of amides is 2. The van der Waals surface area contributed by atoms with Crippen LogP contribution in [-0.4, -0.2) is 41.1 Å². The molecule has 0 aromatic heterocycles. The number of nitrogens with one attached hydrogen (secondary N) is 2. The van der Waals surface area contributed by atoms with Gasteiger partial charge in [0.25, 0.3) is 0 Å². The summed E-state index contributed by atoms with van der Waals surface area (Å²) >= 11 is 0. The highest BCUT2D eigenvalue weighted by Gasteiger charge is 2.25. The Hall–Kier alpha value is -1.10. The fourth-order valence-corrected chi connectivity index (χ4v) is 1.26. The molecule has 5 heteroatoms. The van der Waals surface area contributed by atoms with Crippen LogP contribution in [0, 0.1) is 11.3 Å². The van der Waals surface area contributed by atoms with E-state index >= 15 is 0 Å². The van der Waals surface area contributed by atoms with Crippen molar-refractivity contribution in [1.29, 1.82) is 5.41 Å². The third kappa shape index (κ3) is 2.70. The Morgan fingerprint density at radius 2 is 2.29 bits per heavy atom. The van der Waals surface area contributed by atoms with Crippen molar-refractivity contribution in [3.05, 3.63) is 0 Å². The maximum absolute atomic E-state index is 11.5. The Labute approximate surface area is 83.6 Å². The van der Waals surface area contributed by atoms with Crippen molar-refractivity contribution in [2.75, 3.05) is 13.1 Å². The summed E-state index contributed by atoms with van der Waals surface area (Å²) in [5.41, 5.74) is 0. The zero-order chi connectivity index (χ0) is 10.7. The normalized spacial score (nSPS) is 21.4. The molecule has 1 atom stereocenters. The minimum Gasteiger partial charge on any atom is -0.391 e. The number of aliphatic hydroxyl groups excluding tert-OH is 1. The predicted molar refractivity (Wildman–Crippen MR) is 53.3 cm³/mol. The highest BCUT2D eigenvalue weighted by molar-refractivity contribution is 5.96. The van der Waals surface area contributed by atoms with Gasteiger partial charge in [-0.1, -0.05) is 13.8 Å². The summed E-state index contributed by atoms with van der Waals surface area (Å²) in [6.45, 7) is 4.64. The van der Waals surface area contributed by atoms with Gasteiger partial charge in [-0.3, -0.25) is 10.7 Å². The van der Waals surface area contributed by atoms with E-state index in [0.717, 1.165) is 0 Å². The van der Waals surface area contributed by atoms with Gasteiger partial charge in [0.05, 0.1) is 6.10 Å². The Bertz CT molecular complexity index is 240. The second kappa shape index (κ2) is 4.41. The first-order valence-corrected chi connectivity index (χ1v) is 4.83. The van der Waals surface area contributed by atoms with Crippen LogP contribution in [0.4, 0.5) is 4.79 Å². The standard InChI is InChI=1S/C9H17N3O2/c1-6(2)8(10)11-9(14)12-4-3-7(13)5-12/h6-7,13H,3-5H2,1-2H3,(H2,10,11,14)/t7-/m0/s1. The summed E-state index contributed by atoms with van der Waals surface area (Å²) < 4.78 is 0. The van der Waals surface area contributed by atoms with Gasteiger partial charge in [-0.25, -0.2) is 4.79 Å². The number of hydrogen-bond donors (Lipinski definition) is 3. The number of amidine groups is 1. The molecule has 80 valence electrons. The molecule has 3 N–H and O–H groups in total. The van der Waals surface area contributed by atoms with Crippen LogP contribution in [0.3, 0.4) is 0 Å². The third-order valence-electron chi connectivity index (χ3n) is 2.27. The fraction of sp³-hybridized carbons (Fsp3) is 0.778. The minimum atomic E-state index is -0.408. The third-order valence-corrected chi connectivity index (χ3v) is 2.27. The summed E-state index contributed by atoms with van der Waals surface area (Å²) in [6.07, 6.45) is 0.219. The Kier molecular flexibility index (Phi) is 3.46. The average Bonchev–Trinajstić information content (AvgIpc) is 2.51. The van der Waals surface area contributed by atoms with Crippen molar-refractivity contribution in [2.45, 2.75) is 26.4 Å². The Morgan fingerprint density at radius 1 is 1.64 bits per heavy atom. The van der Waals surface area contributed by atoms with Gasteiger partial charge in [0.1, 0.15) is 5.84 Å². The van der Waals surface area contributed by atoms with Crippen molar-refractivity contribution < 1.29 is 9.90 Å². The summed E-state index contributed by atoms with van der Waals surface area (Å²) in [4.78, 5) is 13.0. The largest absolute Gasteiger partial charge is 0.391 e. The second-order valence-electron chi connectivity index (χ2n) is 3.89. The number of β-amino-alcohol motifs (C(OH)–C–C–N with tert-alkyl or cyclic N) is 1. The fourth-order valence-electron chi connectivity index (χ4n) is 1.26. The molecule has 1 saturated heterocycles. The van der Waals surface area contributed by atoms with Crippen LogP contribution in [0.15, 0.2) is 0 Å². The molecule has 2 amide bonds. The summed E-state index contributed by atoms with van der Waals surface area (Å²) in [5.74, 6) is 0.239. The number of aliphatic hydroxyl groups is 1. The Morgan fingerprint density at radius 3 is 2.71 bits per heavy atom. The molecular formula is C9H17N3O2. The van der Waals surface area contributed by atoms with Gasteiger partial charge < -0.3 is 10.0 Å². The quantitative estimate of drug-likeness (QED) is 0.422. The molecule has 1 heterocycles. The van der Waals surface area contributed by atoms with Gasteiger partial charge in [0.15, 0.2) is 0 Å². The van der Waals surface area contributed by atoms with Crippen LogP contribution in [0.5, 0.6) is 0 Å². The van der Waals surface area contributed by atoms with Gasteiger partial charge in [-0.15, -0.1) is 0 Å². The summed E-state index contributed by atoms with van der Waals surface area (Å²) in [7, 11) is 0. The van der Waals surface area contributed by atoms with Crippen molar-refractivity contribution in [3.63, 3.8) is 0 Å². The van der Waals surface area contributed by atoms with E-state index in [0.29, 0.717) is 19.5 Å². The molecular weight excluding hydrogens is 182 g/mol. The molecule has 0 aliphatic carbocycles. The molecule has 1 fully saturated rings. The van der Waals surface area contributed by atoms with Gasteiger partial charge in [-0.2, -0.15) is 0 Å². The van der Waals surface area contributed by atoms with Gasteiger partial charge in [-0.05, 0) is 6.42 Å². The maximum Gasteiger partial charge on any atom is 0.322 e. The van der Waals surface area contributed by atoms with E-state index in [1.54, 1.807) is 0 Å². The second-order valence-corrected chi connectivity index (χ2v) is 3.89. The smallest absolute Gasteiger partial charge is 0.322 e. The first-order valence-electron chi connectivity index (χ1n) is 4.83. The van der Waals surface area contributed by atoms with Crippen molar-refractivity contribution in [1.82, 2.24) is 10.2 Å². The highest BCUT2D eigenvalue weighted by Crippen LogP contribution is 2.08. The van der Waals surface area contributed by atoms with Crippen LogP contribution in [0.2, 0.25) is 0 Å². The molecule has 1 rings (SSSR count). The van der Waals surface area contributed by atoms with Crippen LogP contribution in [0.1, 0.15) is 20.3 Å². The van der Waals surface area contributed by atoms with Crippen molar-refractivity contribution in [2.24, 2.45) is 5.92 Å². The number of hydrogen-bond acceptors (Lipinski definition) is 3. The summed E-state index contributed by atoms with van der Waals surface area (Å²) in [5, 5.41) is 19.2. The van der Waals surface area contributed by atoms with Crippen LogP contribution >= 0.6 is 0 Å². The molecule has 0 saturated carbocycles. The number of carbonyl (C=O) groups excluding carboxylic acids is 1. The van der Waals surface area contributed by atoms with Crippen LogP contribution in [-0.2, 0) is 0 Å². The lowest BCUT2D eigenvalue weighted by atomic mass is 10.2. The lowest BCUT2D eigenvalue weighted by molar-refractivity contribution is 0.173. The molecule has 1 aliphatic heterocycles. The van der Waals surface area contributed by atoms with E-state index in [9.17, 15) is 9.90 Å². The number of nitrogens with zero attached hydrogens (tertiary/aromatic N) is 1. The number of likely N-dealkylation sites (tertiary alicyclic amines) is 1. The molecule has 0 aromatic carbocycles. The summed E-state index contributed by atoms with van der Waals surface area (Å²) in [6, 6.07) is -0.278. The van der Waals surface area contributed by atoms with Crippen LogP contribution < -0.4 is 5.32 Å². The van der Waals surface area contributed by atoms with Crippen molar-refractivity contribution in [3.8, 4) is 0 Å². The molecule has 0 radical (unpaired) electrons. The minimum absolute atomic E-state index is 0.0199. The van der Waals surface area contributed by atoms with E-state index in [1.165, 1.54) is 4.90 Å². The van der Waals surface area contributed by atoms with Crippen molar-refractivity contribution >= 4 is 11.9 Å². The lowest BCUT2D eigenvalue weighted by Gasteiger charge is -2.17. The molecule has 0 unspecified atom stereocenters. The van der Waals surface area contributed by atoms with Crippen LogP contribution in [0.25, 0.3) is 0 Å². The van der Waals surface area contributed by atoms with Gasteiger partial charge in [0, 0.05) is 19.0 Å². The molecule has 0 bridgehead atoms. The number of carbonyl (C=O) groups is 1. The molecule has 0 spiro atoms. The number of urea groups is 1. The zero-order valence-electron chi connectivity index (χ0n) is 8.58. The molecule has 14 heavy (non-hydrogen) atoms. The van der Waals surface area contributed by atoms with E-state index < -0.39 is 6.10 Å². The topological polar surface area (TPSA) is 76.4 Å². The average molecular weight is 199 g/mol. The first kappa shape index (κ1) is 11.0. The lowest BCUT2D eigenvalue weighted by Crippen LogP contribution is -2.43. The van der Waals surface area contributed by atoms with E-state index in [2.05, 4.69) is 5.32 Å². The molecule has 5 nitrogen and oxygen atoms in total. The molecule has 1 aliphatic rings. The van der Waals surface area contributed by atoms with E-state index in [1.807, 2.05) is 13.8 Å². The van der Waals surface area contributed by atoms with Gasteiger partial charge in [0.2, 0.25) is 0 Å². The predicted octanol–water partition coefficient (Wildman–Crippen LogP) is 0.396. The monoisotopic (exact) mass is 199 g/mol. The first-order chi connectivity index (χ1) is 6.50. The zero-order valence-corrected chi connectivity index (χ0v) is 8.58. The SMILES string of the molecule is CC(C)C(=N)NC(=O)N1CC[C@H](O)C1. The molecule has 0 aromatic rings. The Balaban J connectivity index is 2.39. The maximum atomic E-state index is 11.5. The van der Waals surface area contributed by atoms with E-state index in [4.69, 9.17) is 5.41 Å².